The largest absolute Gasteiger partial charge is 0.361 e. The molecule has 39 heavy (non-hydrogen) atoms. The lowest BCUT2D eigenvalue weighted by Gasteiger charge is -2.53. The summed E-state index contributed by atoms with van der Waals surface area (Å²) in [4.78, 5) is 55.0. The lowest BCUT2D eigenvalue weighted by atomic mass is 9.58. The molecule has 2 aromatic carbocycles. The summed E-state index contributed by atoms with van der Waals surface area (Å²) in [6.07, 6.45) is 2.05. The van der Waals surface area contributed by atoms with Crippen molar-refractivity contribution < 1.29 is 14.4 Å². The van der Waals surface area contributed by atoms with Crippen LogP contribution in [0.5, 0.6) is 0 Å². The number of urea groups is 1. The van der Waals surface area contributed by atoms with Crippen LogP contribution in [0.2, 0.25) is 0 Å². The van der Waals surface area contributed by atoms with Crippen molar-refractivity contribution in [3.05, 3.63) is 70.0 Å². The van der Waals surface area contributed by atoms with E-state index in [0.29, 0.717) is 5.69 Å². The van der Waals surface area contributed by atoms with Crippen molar-refractivity contribution in [2.75, 3.05) is 28.2 Å². The Bertz CT molecular complexity index is 1790. The van der Waals surface area contributed by atoms with E-state index >= 15 is 0 Å². The predicted molar refractivity (Wildman–Crippen MR) is 149 cm³/mol. The fourth-order valence-corrected chi connectivity index (χ4v) is 7.68. The molecule has 4 amide bonds. The Morgan fingerprint density at radius 1 is 0.923 bits per heavy atom. The van der Waals surface area contributed by atoms with Gasteiger partial charge in [0.1, 0.15) is 5.54 Å². The van der Waals surface area contributed by atoms with Crippen LogP contribution < -0.4 is 0 Å². The smallest absolute Gasteiger partial charge is 0.327 e. The first-order valence-corrected chi connectivity index (χ1v) is 13.4. The first-order valence-electron chi connectivity index (χ1n) is 12.6. The number of imide groups is 1. The number of amides is 4. The number of hydrogen-bond acceptors (Lipinski definition) is 4. The van der Waals surface area contributed by atoms with Crippen LogP contribution in [0.3, 0.4) is 0 Å². The summed E-state index contributed by atoms with van der Waals surface area (Å²) in [6.45, 7) is 0. The second-order valence-electron chi connectivity index (χ2n) is 10.7. The predicted octanol–water partition coefficient (Wildman–Crippen LogP) is 3.55. The first kappa shape index (κ1) is 24.0. The topological polar surface area (TPSA) is 120 Å². The summed E-state index contributed by atoms with van der Waals surface area (Å²) in [7, 11) is 6.44. The summed E-state index contributed by atoms with van der Waals surface area (Å²) < 4.78 is 0.883. The number of para-hydroxylation sites is 1. The Morgan fingerprint density at radius 3 is 2.33 bits per heavy atom. The minimum atomic E-state index is -1.50. The number of aromatic nitrogens is 2. The number of H-pyrrole nitrogens is 2. The second-order valence-corrected chi connectivity index (χ2v) is 11.6. The summed E-state index contributed by atoms with van der Waals surface area (Å²) >= 11 is 3.53. The van der Waals surface area contributed by atoms with Gasteiger partial charge in [-0.05, 0) is 29.3 Å². The van der Waals surface area contributed by atoms with Crippen molar-refractivity contribution in [3.8, 4) is 0 Å². The number of nitrogens with zero attached hydrogens (tertiary/aromatic N) is 4. The van der Waals surface area contributed by atoms with Crippen LogP contribution in [-0.4, -0.2) is 87.1 Å². The molecule has 2 aromatic heterocycles. The molecule has 198 valence electrons. The average Bonchev–Trinajstić information content (AvgIpc) is 3.60. The lowest BCUT2D eigenvalue weighted by molar-refractivity contribution is -0.142. The molecule has 0 bridgehead atoms. The molecular formula is C28H26BrN7O3. The highest BCUT2D eigenvalue weighted by atomic mass is 79.9. The van der Waals surface area contributed by atoms with Crippen LogP contribution in [0.4, 0.5) is 4.79 Å². The molecule has 1 aliphatic carbocycles. The second kappa shape index (κ2) is 7.50. The fourth-order valence-electron chi connectivity index (χ4n) is 7.32. The van der Waals surface area contributed by atoms with Crippen LogP contribution in [0, 0.1) is 5.41 Å². The van der Waals surface area contributed by atoms with Crippen molar-refractivity contribution in [3.63, 3.8) is 0 Å². The molecule has 0 radical (unpaired) electrons. The van der Waals surface area contributed by atoms with Crippen LogP contribution in [0.15, 0.2) is 53.1 Å². The highest BCUT2D eigenvalue weighted by molar-refractivity contribution is 9.10. The van der Waals surface area contributed by atoms with Gasteiger partial charge in [0.05, 0.1) is 11.6 Å². The van der Waals surface area contributed by atoms with E-state index in [1.165, 1.54) is 16.8 Å². The van der Waals surface area contributed by atoms with Gasteiger partial charge in [0, 0.05) is 67.1 Å². The van der Waals surface area contributed by atoms with Crippen molar-refractivity contribution in [2.45, 2.75) is 23.4 Å². The van der Waals surface area contributed by atoms with Gasteiger partial charge in [-0.25, -0.2) is 4.79 Å². The number of rotatable bonds is 1. The van der Waals surface area contributed by atoms with Crippen molar-refractivity contribution in [1.29, 1.82) is 5.41 Å². The molecule has 10 nitrogen and oxygen atoms in total. The molecule has 2 saturated heterocycles. The minimum absolute atomic E-state index is 0.0158. The van der Waals surface area contributed by atoms with E-state index in [1.54, 1.807) is 26.0 Å². The quantitative estimate of drug-likeness (QED) is 0.295. The number of guanidine groups is 1. The first-order chi connectivity index (χ1) is 18.6. The number of halogens is 1. The van der Waals surface area contributed by atoms with E-state index in [1.807, 2.05) is 48.7 Å². The lowest BCUT2D eigenvalue weighted by Crippen LogP contribution is -2.67. The van der Waals surface area contributed by atoms with E-state index in [-0.39, 0.29) is 24.2 Å². The van der Waals surface area contributed by atoms with E-state index in [2.05, 4.69) is 25.9 Å². The van der Waals surface area contributed by atoms with Crippen molar-refractivity contribution in [2.24, 2.45) is 0 Å². The van der Waals surface area contributed by atoms with Crippen LogP contribution >= 0.6 is 15.9 Å². The molecular weight excluding hydrogens is 562 g/mol. The van der Waals surface area contributed by atoms with E-state index in [0.717, 1.165) is 42.3 Å². The molecule has 0 saturated carbocycles. The van der Waals surface area contributed by atoms with Gasteiger partial charge in [-0.2, -0.15) is 0 Å². The third-order valence-electron chi connectivity index (χ3n) is 9.17. The van der Waals surface area contributed by atoms with Crippen LogP contribution in [0.1, 0.15) is 22.7 Å². The summed E-state index contributed by atoms with van der Waals surface area (Å²) in [5.41, 5.74) is 0.907. The Hall–Kier alpha value is -4.12. The maximum absolute atomic E-state index is 14.6. The zero-order valence-electron chi connectivity index (χ0n) is 21.8. The molecule has 4 aromatic rings. The standard InChI is InChI=1S/C28H26BrN7O3/c1-33-24(38)28(35(3)25(33)30)21(18-13-31-20-11-14(29)9-10-16(18)20)27(23(37)34(2)26(39)36(27)4)12-17-15-7-5-6-8-19(15)32-22(17)28/h5-11,13,21,30-32H,12H2,1-4H3. The average molecular weight is 588 g/mol. The van der Waals surface area contributed by atoms with Gasteiger partial charge in [0.15, 0.2) is 5.54 Å². The van der Waals surface area contributed by atoms with Gasteiger partial charge >= 0.3 is 6.03 Å². The van der Waals surface area contributed by atoms with Gasteiger partial charge < -0.3 is 19.8 Å². The molecule has 7 rings (SSSR count). The molecule has 2 spiro atoms. The van der Waals surface area contributed by atoms with Gasteiger partial charge in [-0.15, -0.1) is 0 Å². The minimum Gasteiger partial charge on any atom is -0.361 e. The molecule has 3 unspecified atom stereocenters. The molecule has 11 heteroatoms. The van der Waals surface area contributed by atoms with E-state index in [9.17, 15) is 14.4 Å². The van der Waals surface area contributed by atoms with E-state index < -0.39 is 23.0 Å². The Morgan fingerprint density at radius 2 is 1.67 bits per heavy atom. The molecule has 3 N–H and O–H groups in total. The van der Waals surface area contributed by atoms with E-state index in [4.69, 9.17) is 5.41 Å². The summed E-state index contributed by atoms with van der Waals surface area (Å²) in [5.74, 6) is -1.54. The highest BCUT2D eigenvalue weighted by Crippen LogP contribution is 2.61. The molecule has 3 aliphatic rings. The number of benzene rings is 2. The Balaban J connectivity index is 1.68. The van der Waals surface area contributed by atoms with Gasteiger partial charge in [-0.3, -0.25) is 24.8 Å². The number of fused-ring (bicyclic) bond motifs is 5. The molecule has 4 heterocycles. The number of carbonyl (C=O) groups excluding carboxylic acids is 3. The number of aromatic amines is 2. The molecule has 2 aliphatic heterocycles. The summed E-state index contributed by atoms with van der Waals surface area (Å²) in [6, 6.07) is 13.1. The monoisotopic (exact) mass is 587 g/mol. The van der Waals surface area contributed by atoms with Gasteiger partial charge in [0.25, 0.3) is 11.8 Å². The van der Waals surface area contributed by atoms with Crippen LogP contribution in [0.25, 0.3) is 21.8 Å². The van der Waals surface area contributed by atoms with Crippen LogP contribution in [-0.2, 0) is 21.5 Å². The van der Waals surface area contributed by atoms with Gasteiger partial charge in [-0.1, -0.05) is 40.2 Å². The number of hydrogen-bond donors (Lipinski definition) is 3. The third kappa shape index (κ3) is 2.56. The van der Waals surface area contributed by atoms with Crippen molar-refractivity contribution in [1.82, 2.24) is 29.6 Å². The number of likely N-dealkylation sites (N-methyl/N-ethyl adjacent to an activating group) is 4. The van der Waals surface area contributed by atoms with Gasteiger partial charge in [0.2, 0.25) is 5.96 Å². The maximum Gasteiger partial charge on any atom is 0.327 e. The Labute approximate surface area is 232 Å². The maximum atomic E-state index is 14.6. The molecule has 2 fully saturated rings. The molecule has 3 atom stereocenters. The SMILES string of the molecule is CN1C(=O)N(C)C2(Cc3c([nH]c4ccccc34)C3(C(=O)N(C)C(=N)N3C)C2c2c[nH]c3cc(Br)ccc23)C1=O. The zero-order valence-corrected chi connectivity index (χ0v) is 23.4. The third-order valence-corrected chi connectivity index (χ3v) is 9.66. The number of nitrogens with one attached hydrogen (secondary N) is 3. The zero-order chi connectivity index (χ0) is 27.6. The summed E-state index contributed by atoms with van der Waals surface area (Å²) in [5, 5.41) is 10.6. The van der Waals surface area contributed by atoms with Crippen molar-refractivity contribution >= 4 is 61.5 Å². The fraction of sp³-hybridized carbons (Fsp3) is 0.286. The Kier molecular flexibility index (Phi) is 4.61. The number of carbonyl (C=O) groups is 3. The highest BCUT2D eigenvalue weighted by Gasteiger charge is 2.74. The normalized spacial score (nSPS) is 26.9.